The lowest BCUT2D eigenvalue weighted by Gasteiger charge is -2.27. The van der Waals surface area contributed by atoms with Gasteiger partial charge in [0.1, 0.15) is 5.84 Å². The lowest BCUT2D eigenvalue weighted by Crippen LogP contribution is -2.38. The molecule has 0 spiro atoms. The first-order chi connectivity index (χ1) is 8.43. The molecule has 0 unspecified atom stereocenters. The SMILES string of the molecule is CCN(C)C(=O)C1=CN2CCS(=O)(=O)N=C2C=C1. The summed E-state index contributed by atoms with van der Waals surface area (Å²) in [6.45, 7) is 2.85. The van der Waals surface area contributed by atoms with Crippen molar-refractivity contribution >= 4 is 21.8 Å². The Morgan fingerprint density at radius 1 is 1.50 bits per heavy atom. The van der Waals surface area contributed by atoms with Gasteiger partial charge in [0.2, 0.25) is 0 Å². The van der Waals surface area contributed by atoms with E-state index in [-0.39, 0.29) is 11.7 Å². The predicted molar refractivity (Wildman–Crippen MR) is 68.5 cm³/mol. The van der Waals surface area contributed by atoms with Crippen molar-refractivity contribution < 1.29 is 13.2 Å². The molecule has 98 valence electrons. The third-order valence-electron chi connectivity index (χ3n) is 2.89. The van der Waals surface area contributed by atoms with E-state index < -0.39 is 10.0 Å². The summed E-state index contributed by atoms with van der Waals surface area (Å²) in [6, 6.07) is 0. The van der Waals surface area contributed by atoms with Crippen molar-refractivity contribution in [2.24, 2.45) is 4.40 Å². The molecule has 18 heavy (non-hydrogen) atoms. The van der Waals surface area contributed by atoms with E-state index >= 15 is 0 Å². The molecule has 2 rings (SSSR count). The number of amides is 1. The Labute approximate surface area is 106 Å². The average Bonchev–Trinajstić information content (AvgIpc) is 2.35. The lowest BCUT2D eigenvalue weighted by molar-refractivity contribution is -0.125. The van der Waals surface area contributed by atoms with Crippen LogP contribution >= 0.6 is 0 Å². The molecule has 0 atom stereocenters. The fourth-order valence-corrected chi connectivity index (χ4v) is 2.66. The number of sulfonamides is 1. The molecule has 6 nitrogen and oxygen atoms in total. The largest absolute Gasteiger partial charge is 0.342 e. The zero-order chi connectivity index (χ0) is 13.3. The highest BCUT2D eigenvalue weighted by molar-refractivity contribution is 7.90. The monoisotopic (exact) mass is 269 g/mol. The molecule has 0 fully saturated rings. The van der Waals surface area contributed by atoms with Gasteiger partial charge < -0.3 is 9.80 Å². The minimum absolute atomic E-state index is 0.0219. The molecule has 0 bridgehead atoms. The molecule has 2 aliphatic heterocycles. The minimum Gasteiger partial charge on any atom is -0.342 e. The molecule has 0 saturated heterocycles. The first kappa shape index (κ1) is 12.8. The van der Waals surface area contributed by atoms with E-state index in [1.165, 1.54) is 0 Å². The Morgan fingerprint density at radius 3 is 2.89 bits per heavy atom. The van der Waals surface area contributed by atoms with E-state index in [0.717, 1.165) is 0 Å². The first-order valence-corrected chi connectivity index (χ1v) is 7.28. The van der Waals surface area contributed by atoms with E-state index in [1.807, 2.05) is 6.92 Å². The van der Waals surface area contributed by atoms with Gasteiger partial charge >= 0.3 is 0 Å². The summed E-state index contributed by atoms with van der Waals surface area (Å²) < 4.78 is 26.3. The molecule has 1 amide bonds. The van der Waals surface area contributed by atoms with Crippen LogP contribution in [0.4, 0.5) is 0 Å². The molecule has 0 aromatic carbocycles. The van der Waals surface area contributed by atoms with Crippen LogP contribution in [-0.2, 0) is 14.8 Å². The van der Waals surface area contributed by atoms with Crippen molar-refractivity contribution in [1.82, 2.24) is 9.80 Å². The number of carbonyl (C=O) groups is 1. The van der Waals surface area contributed by atoms with E-state index in [2.05, 4.69) is 4.40 Å². The third-order valence-corrected chi connectivity index (χ3v) is 4.06. The molecule has 0 saturated carbocycles. The van der Waals surface area contributed by atoms with Crippen LogP contribution in [0.25, 0.3) is 0 Å². The van der Waals surface area contributed by atoms with Crippen LogP contribution < -0.4 is 0 Å². The zero-order valence-corrected chi connectivity index (χ0v) is 11.1. The molecule has 0 aliphatic carbocycles. The van der Waals surface area contributed by atoms with E-state index in [0.29, 0.717) is 24.5 Å². The van der Waals surface area contributed by atoms with Crippen LogP contribution in [0.15, 0.2) is 28.3 Å². The number of likely N-dealkylation sites (N-methyl/N-ethyl adjacent to an activating group) is 1. The fourth-order valence-electron chi connectivity index (χ4n) is 1.69. The second-order valence-electron chi connectivity index (χ2n) is 4.17. The van der Waals surface area contributed by atoms with E-state index in [9.17, 15) is 13.2 Å². The van der Waals surface area contributed by atoms with Crippen molar-refractivity contribution in [1.29, 1.82) is 0 Å². The van der Waals surface area contributed by atoms with Gasteiger partial charge in [-0.2, -0.15) is 0 Å². The maximum Gasteiger partial charge on any atom is 0.256 e. The van der Waals surface area contributed by atoms with Crippen LogP contribution in [0.1, 0.15) is 6.92 Å². The lowest BCUT2D eigenvalue weighted by atomic mass is 10.1. The van der Waals surface area contributed by atoms with Gasteiger partial charge in [-0.15, -0.1) is 4.40 Å². The summed E-state index contributed by atoms with van der Waals surface area (Å²) in [5, 5.41) is 0. The molecule has 2 aliphatic rings. The normalized spacial score (nSPS) is 20.9. The van der Waals surface area contributed by atoms with Gasteiger partial charge in [0.15, 0.2) is 0 Å². The summed E-state index contributed by atoms with van der Waals surface area (Å²) in [7, 11) is -1.62. The van der Waals surface area contributed by atoms with Gasteiger partial charge in [-0.05, 0) is 19.1 Å². The Hall–Kier alpha value is -1.63. The van der Waals surface area contributed by atoms with Gasteiger partial charge in [0.25, 0.3) is 15.9 Å². The molecule has 0 N–H and O–H groups in total. The number of nitrogens with zero attached hydrogens (tertiary/aromatic N) is 3. The Balaban J connectivity index is 2.26. The van der Waals surface area contributed by atoms with Crippen LogP contribution in [0.3, 0.4) is 0 Å². The summed E-state index contributed by atoms with van der Waals surface area (Å²) in [6.07, 6.45) is 4.82. The summed E-state index contributed by atoms with van der Waals surface area (Å²) in [5.41, 5.74) is 0.539. The van der Waals surface area contributed by atoms with Gasteiger partial charge in [0, 0.05) is 26.3 Å². The van der Waals surface area contributed by atoms with Crippen LogP contribution in [0, 0.1) is 0 Å². The maximum atomic E-state index is 12.0. The number of carbonyl (C=O) groups excluding carboxylic acids is 1. The van der Waals surface area contributed by atoms with Crippen LogP contribution in [-0.4, -0.2) is 55.9 Å². The van der Waals surface area contributed by atoms with Crippen molar-refractivity contribution in [3.05, 3.63) is 23.9 Å². The number of rotatable bonds is 2. The minimum atomic E-state index is -3.34. The number of hydrogen-bond acceptors (Lipinski definition) is 4. The molecule has 0 aromatic rings. The molecular formula is C11H15N3O3S. The molecule has 0 aromatic heterocycles. The highest BCUT2D eigenvalue weighted by Gasteiger charge is 2.25. The van der Waals surface area contributed by atoms with Crippen LogP contribution in [0.5, 0.6) is 0 Å². The van der Waals surface area contributed by atoms with Crippen molar-refractivity contribution in [2.45, 2.75) is 6.92 Å². The standard InChI is InChI=1S/C11H15N3O3S/c1-3-13(2)11(15)9-4-5-10-12-18(16,17)7-6-14(10)8-9/h4-5,8H,3,6-7H2,1-2H3. The summed E-state index contributed by atoms with van der Waals surface area (Å²) in [5.74, 6) is 0.268. The average molecular weight is 269 g/mol. The molecule has 2 heterocycles. The fraction of sp³-hybridized carbons (Fsp3) is 0.455. The van der Waals surface area contributed by atoms with Gasteiger partial charge in [-0.25, -0.2) is 8.42 Å². The van der Waals surface area contributed by atoms with Gasteiger partial charge in [0.05, 0.1) is 11.3 Å². The molecule has 0 radical (unpaired) electrons. The number of hydrogen-bond donors (Lipinski definition) is 0. The van der Waals surface area contributed by atoms with Crippen molar-refractivity contribution in [3.8, 4) is 0 Å². The topological polar surface area (TPSA) is 70.1 Å². The first-order valence-electron chi connectivity index (χ1n) is 5.67. The maximum absolute atomic E-state index is 12.0. The smallest absolute Gasteiger partial charge is 0.256 e. The van der Waals surface area contributed by atoms with Crippen LogP contribution in [0.2, 0.25) is 0 Å². The van der Waals surface area contributed by atoms with Crippen molar-refractivity contribution in [3.63, 3.8) is 0 Å². The predicted octanol–water partition coefficient (Wildman–Crippen LogP) is -0.0377. The van der Waals surface area contributed by atoms with Gasteiger partial charge in [-0.3, -0.25) is 4.79 Å². The molecule has 7 heteroatoms. The van der Waals surface area contributed by atoms with Crippen molar-refractivity contribution in [2.75, 3.05) is 25.9 Å². The highest BCUT2D eigenvalue weighted by atomic mass is 32.2. The van der Waals surface area contributed by atoms with Gasteiger partial charge in [-0.1, -0.05) is 0 Å². The second kappa shape index (κ2) is 4.56. The Kier molecular flexibility index (Phi) is 3.25. The number of fused-ring (bicyclic) bond motifs is 1. The van der Waals surface area contributed by atoms with E-state index in [1.54, 1.807) is 35.2 Å². The van der Waals surface area contributed by atoms with E-state index in [4.69, 9.17) is 0 Å². The Morgan fingerprint density at radius 2 is 2.22 bits per heavy atom. The number of amidine groups is 1. The molecular weight excluding hydrogens is 254 g/mol. The Bertz CT molecular complexity index is 560. The third kappa shape index (κ3) is 2.45. The quantitative estimate of drug-likeness (QED) is 0.705. The zero-order valence-electron chi connectivity index (χ0n) is 10.3. The second-order valence-corrected chi connectivity index (χ2v) is 5.92. The highest BCUT2D eigenvalue weighted by Crippen LogP contribution is 2.16. The summed E-state index contributed by atoms with van der Waals surface area (Å²) >= 11 is 0. The summed E-state index contributed by atoms with van der Waals surface area (Å²) in [4.78, 5) is 15.2.